The van der Waals surface area contributed by atoms with Crippen molar-refractivity contribution < 1.29 is 19.4 Å². The second kappa shape index (κ2) is 6.54. The van der Waals surface area contributed by atoms with E-state index in [1.165, 1.54) is 0 Å². The van der Waals surface area contributed by atoms with Crippen LogP contribution in [0.15, 0.2) is 47.4 Å². The average Bonchev–Trinajstić information content (AvgIpc) is 3.00. The highest BCUT2D eigenvalue weighted by Crippen LogP contribution is 2.24. The Labute approximate surface area is 128 Å². The number of anilines is 1. The normalized spacial score (nSPS) is 10.8. The minimum atomic E-state index is -0.323. The third kappa shape index (κ3) is 3.07. The van der Waals surface area contributed by atoms with Crippen molar-refractivity contribution in [1.82, 2.24) is 15.4 Å². The Morgan fingerprint density at radius 1 is 1.27 bits per heavy atom. The summed E-state index contributed by atoms with van der Waals surface area (Å²) in [6, 6.07) is 12.0. The van der Waals surface area contributed by atoms with Crippen molar-refractivity contribution in [1.29, 1.82) is 0 Å². The van der Waals surface area contributed by atoms with Gasteiger partial charge in [-0.15, -0.1) is 9.43 Å². The van der Waals surface area contributed by atoms with Gasteiger partial charge in [0.15, 0.2) is 0 Å². The lowest BCUT2D eigenvalue weighted by Gasteiger charge is -2.08. The molecule has 3 rings (SSSR count). The number of hydrogen-bond acceptors (Lipinski definition) is 7. The summed E-state index contributed by atoms with van der Waals surface area (Å²) in [6.45, 7) is 0. The largest absolute Gasteiger partial charge is 0.322 e. The van der Waals surface area contributed by atoms with Crippen LogP contribution in [0.25, 0.3) is 11.0 Å². The Morgan fingerprint density at radius 3 is 3.00 bits per heavy atom. The molecule has 9 heteroatoms. The second-order valence-electron chi connectivity index (χ2n) is 4.22. The molecule has 0 atom stereocenters. The summed E-state index contributed by atoms with van der Waals surface area (Å²) in [6.07, 6.45) is 0. The predicted octanol–water partition coefficient (Wildman–Crippen LogP) is 2.64. The van der Waals surface area contributed by atoms with E-state index >= 15 is 0 Å². The highest BCUT2D eigenvalue weighted by atomic mass is 32.2. The summed E-state index contributed by atoms with van der Waals surface area (Å²) < 4.78 is 4.38. The second-order valence-corrected chi connectivity index (χ2v) is 4.96. The predicted molar refractivity (Wildman–Crippen MR) is 78.9 cm³/mol. The molecule has 8 nitrogen and oxygen atoms in total. The van der Waals surface area contributed by atoms with E-state index in [4.69, 9.17) is 5.26 Å². The summed E-state index contributed by atoms with van der Waals surface area (Å²) in [4.78, 5) is 12.8. The van der Waals surface area contributed by atoms with Gasteiger partial charge in [0.1, 0.15) is 5.52 Å². The van der Waals surface area contributed by atoms with Crippen LogP contribution < -0.4 is 5.32 Å². The number of carbonyl (C=O) groups excluding carboxylic acids is 1. The SMILES string of the molecule is O=C(Nc1ccc2nn[nH]c2c1)c1ccccc1SOOO. The van der Waals surface area contributed by atoms with E-state index in [1.807, 2.05) is 0 Å². The Kier molecular flexibility index (Phi) is 4.30. The fraction of sp³-hybridized carbons (Fsp3) is 0. The van der Waals surface area contributed by atoms with Gasteiger partial charge in [-0.25, -0.2) is 5.26 Å². The van der Waals surface area contributed by atoms with Gasteiger partial charge in [-0.2, -0.15) is 0 Å². The smallest absolute Gasteiger partial charge is 0.256 e. The Balaban J connectivity index is 1.81. The first kappa shape index (κ1) is 14.5. The van der Waals surface area contributed by atoms with Crippen molar-refractivity contribution in [2.75, 3.05) is 5.32 Å². The number of aromatic amines is 1. The van der Waals surface area contributed by atoms with E-state index in [1.54, 1.807) is 42.5 Å². The first-order valence-electron chi connectivity index (χ1n) is 6.14. The summed E-state index contributed by atoms with van der Waals surface area (Å²) in [7, 11) is 0. The molecule has 0 spiro atoms. The maximum Gasteiger partial charge on any atom is 0.256 e. The van der Waals surface area contributed by atoms with Crippen molar-refractivity contribution in [3.05, 3.63) is 48.0 Å². The number of aromatic nitrogens is 3. The molecule has 0 aliphatic heterocycles. The fourth-order valence-corrected chi connectivity index (χ4v) is 2.39. The molecule has 2 aromatic carbocycles. The molecule has 3 aromatic rings. The fourth-order valence-electron chi connectivity index (χ4n) is 1.90. The summed E-state index contributed by atoms with van der Waals surface area (Å²) in [5.74, 6) is -0.323. The lowest BCUT2D eigenvalue weighted by atomic mass is 10.2. The number of benzene rings is 2. The van der Waals surface area contributed by atoms with Gasteiger partial charge in [0.25, 0.3) is 5.91 Å². The lowest BCUT2D eigenvalue weighted by Crippen LogP contribution is -2.13. The third-order valence-electron chi connectivity index (χ3n) is 2.87. The van der Waals surface area contributed by atoms with E-state index in [2.05, 4.69) is 30.1 Å². The molecule has 3 N–H and O–H groups in total. The van der Waals surface area contributed by atoms with Crippen LogP contribution in [-0.4, -0.2) is 26.6 Å². The van der Waals surface area contributed by atoms with Gasteiger partial charge in [0, 0.05) is 5.69 Å². The van der Waals surface area contributed by atoms with Crippen LogP contribution in [0.3, 0.4) is 0 Å². The highest BCUT2D eigenvalue weighted by Gasteiger charge is 2.13. The number of amides is 1. The molecule has 0 unspecified atom stereocenters. The zero-order valence-electron chi connectivity index (χ0n) is 11.0. The average molecular weight is 318 g/mol. The maximum absolute atomic E-state index is 12.3. The van der Waals surface area contributed by atoms with Crippen LogP contribution in [0.4, 0.5) is 5.69 Å². The van der Waals surface area contributed by atoms with Crippen LogP contribution in [0.5, 0.6) is 0 Å². The van der Waals surface area contributed by atoms with Crippen LogP contribution >= 0.6 is 12.0 Å². The standard InChI is InChI=1S/C13H10N4O4S/c18-13(9-3-1-2-4-12(9)22-21-20-19)14-8-5-6-10-11(7-8)16-17-15-10/h1-7,19H,(H,14,18)(H,15,16,17). The molecule has 1 amide bonds. The number of nitrogens with zero attached hydrogens (tertiary/aromatic N) is 2. The zero-order valence-corrected chi connectivity index (χ0v) is 11.8. The van der Waals surface area contributed by atoms with Crippen molar-refractivity contribution in [2.45, 2.75) is 4.90 Å². The van der Waals surface area contributed by atoms with Gasteiger partial charge >= 0.3 is 0 Å². The lowest BCUT2D eigenvalue weighted by molar-refractivity contribution is -0.432. The Morgan fingerprint density at radius 2 is 2.14 bits per heavy atom. The molecule has 22 heavy (non-hydrogen) atoms. The highest BCUT2D eigenvalue weighted by molar-refractivity contribution is 7.94. The van der Waals surface area contributed by atoms with E-state index in [-0.39, 0.29) is 5.91 Å². The van der Waals surface area contributed by atoms with Crippen molar-refractivity contribution >= 4 is 34.7 Å². The van der Waals surface area contributed by atoms with Gasteiger partial charge in [0.05, 0.1) is 28.0 Å². The first-order chi connectivity index (χ1) is 10.8. The van der Waals surface area contributed by atoms with Crippen LogP contribution in [0, 0.1) is 0 Å². The molecule has 0 saturated heterocycles. The topological polar surface area (TPSA) is 109 Å². The molecule has 1 heterocycles. The van der Waals surface area contributed by atoms with Gasteiger partial charge in [-0.05, 0) is 30.3 Å². The molecule has 0 aliphatic carbocycles. The molecule has 0 aliphatic rings. The van der Waals surface area contributed by atoms with Crippen LogP contribution in [0.1, 0.15) is 10.4 Å². The minimum Gasteiger partial charge on any atom is -0.322 e. The monoisotopic (exact) mass is 318 g/mol. The number of H-pyrrole nitrogens is 1. The quantitative estimate of drug-likeness (QED) is 0.377. The number of nitrogens with one attached hydrogen (secondary N) is 2. The van der Waals surface area contributed by atoms with Gasteiger partial charge in [-0.3, -0.25) is 9.89 Å². The summed E-state index contributed by atoms with van der Waals surface area (Å²) in [5.41, 5.74) is 2.41. The van der Waals surface area contributed by atoms with Gasteiger partial charge in [-0.1, -0.05) is 22.4 Å². The maximum atomic E-state index is 12.3. The molecular formula is C13H10N4O4S. The number of rotatable bonds is 5. The molecule has 0 bridgehead atoms. The zero-order chi connectivity index (χ0) is 15.4. The van der Waals surface area contributed by atoms with Crippen LogP contribution in [0.2, 0.25) is 0 Å². The van der Waals surface area contributed by atoms with Crippen LogP contribution in [-0.2, 0) is 9.37 Å². The molecular weight excluding hydrogens is 308 g/mol. The molecule has 0 fully saturated rings. The van der Waals surface area contributed by atoms with Crippen molar-refractivity contribution in [2.24, 2.45) is 0 Å². The van der Waals surface area contributed by atoms with Gasteiger partial charge < -0.3 is 5.32 Å². The third-order valence-corrected chi connectivity index (χ3v) is 3.53. The van der Waals surface area contributed by atoms with E-state index in [0.717, 1.165) is 17.6 Å². The number of carbonyl (C=O) groups is 1. The molecule has 1 aromatic heterocycles. The Hall–Kier alpha value is -2.46. The van der Waals surface area contributed by atoms with E-state index in [0.29, 0.717) is 21.7 Å². The van der Waals surface area contributed by atoms with Crippen molar-refractivity contribution in [3.63, 3.8) is 0 Å². The number of fused-ring (bicyclic) bond motifs is 1. The van der Waals surface area contributed by atoms with Gasteiger partial charge in [0.2, 0.25) is 0 Å². The molecule has 112 valence electrons. The first-order valence-corrected chi connectivity index (χ1v) is 6.88. The molecule has 0 saturated carbocycles. The van der Waals surface area contributed by atoms with Crippen molar-refractivity contribution in [3.8, 4) is 0 Å². The number of hydrogen-bond donors (Lipinski definition) is 3. The summed E-state index contributed by atoms with van der Waals surface area (Å²) in [5, 5.41) is 24.8. The minimum absolute atomic E-state index is 0.323. The molecule has 0 radical (unpaired) electrons. The van der Waals surface area contributed by atoms with E-state index < -0.39 is 0 Å². The Bertz CT molecular complexity index is 807. The van der Waals surface area contributed by atoms with E-state index in [9.17, 15) is 4.79 Å². The summed E-state index contributed by atoms with van der Waals surface area (Å²) >= 11 is 0.731.